The third-order valence-corrected chi connectivity index (χ3v) is 6.33. The summed E-state index contributed by atoms with van der Waals surface area (Å²) in [4.78, 5) is 0. The van der Waals surface area contributed by atoms with E-state index in [4.69, 9.17) is 9.47 Å². The molecule has 1 fully saturated rings. The Balaban J connectivity index is 1.48. The molecule has 0 aliphatic heterocycles. The molecule has 2 aromatic carbocycles. The minimum Gasteiger partial charge on any atom is -0.497 e. The van der Waals surface area contributed by atoms with Crippen LogP contribution in [-0.4, -0.2) is 13.7 Å². The van der Waals surface area contributed by atoms with Crippen molar-refractivity contribution in [2.45, 2.75) is 70.6 Å². The second-order valence-electron chi connectivity index (χ2n) is 8.42. The van der Waals surface area contributed by atoms with Crippen LogP contribution in [0, 0.1) is 5.92 Å². The molecule has 2 aromatic rings. The largest absolute Gasteiger partial charge is 0.497 e. The molecule has 0 saturated heterocycles. The predicted octanol–water partition coefficient (Wildman–Crippen LogP) is 7.34. The summed E-state index contributed by atoms with van der Waals surface area (Å²) in [5.41, 5.74) is 2.73. The van der Waals surface area contributed by atoms with E-state index in [1.165, 1.54) is 56.1 Å². The van der Waals surface area contributed by atoms with Crippen LogP contribution in [0.1, 0.15) is 81.8 Å². The summed E-state index contributed by atoms with van der Waals surface area (Å²) in [5.74, 6) is 3.90. The van der Waals surface area contributed by atoms with Crippen LogP contribution in [0.3, 0.4) is 0 Å². The number of ether oxygens (including phenoxy) is 2. The molecule has 0 spiro atoms. The summed E-state index contributed by atoms with van der Waals surface area (Å²) in [7, 11) is 1.71. The molecule has 2 heteroatoms. The van der Waals surface area contributed by atoms with Crippen molar-refractivity contribution in [3.63, 3.8) is 0 Å². The van der Waals surface area contributed by atoms with Gasteiger partial charge in [-0.3, -0.25) is 0 Å². The lowest BCUT2D eigenvalue weighted by Gasteiger charge is -2.29. The van der Waals surface area contributed by atoms with Crippen LogP contribution in [0.5, 0.6) is 11.5 Å². The normalized spacial score (nSPS) is 20.5. The molecule has 1 aliphatic carbocycles. The Bertz CT molecular complexity index is 699. The molecular formula is C26H36O2. The molecule has 152 valence electrons. The van der Waals surface area contributed by atoms with Gasteiger partial charge in [-0.15, -0.1) is 0 Å². The predicted molar refractivity (Wildman–Crippen MR) is 118 cm³/mol. The molecule has 0 radical (unpaired) electrons. The fourth-order valence-corrected chi connectivity index (χ4v) is 4.38. The average molecular weight is 381 g/mol. The second-order valence-corrected chi connectivity index (χ2v) is 8.42. The maximum absolute atomic E-state index is 6.06. The monoisotopic (exact) mass is 380 g/mol. The smallest absolute Gasteiger partial charge is 0.119 e. The first-order valence-electron chi connectivity index (χ1n) is 11.1. The second kappa shape index (κ2) is 10.5. The fourth-order valence-electron chi connectivity index (χ4n) is 4.38. The topological polar surface area (TPSA) is 18.5 Å². The zero-order chi connectivity index (χ0) is 19.8. The summed E-state index contributed by atoms with van der Waals surface area (Å²) in [6.45, 7) is 5.17. The Morgan fingerprint density at radius 2 is 1.71 bits per heavy atom. The first kappa shape index (κ1) is 20.8. The van der Waals surface area contributed by atoms with Crippen molar-refractivity contribution < 1.29 is 9.47 Å². The fraction of sp³-hybridized carbons (Fsp3) is 0.538. The molecule has 2 nitrogen and oxygen atoms in total. The lowest BCUT2D eigenvalue weighted by atomic mass is 9.77. The van der Waals surface area contributed by atoms with Crippen molar-refractivity contribution in [2.75, 3.05) is 13.7 Å². The average Bonchev–Trinajstić information content (AvgIpc) is 2.77. The molecule has 0 bridgehead atoms. The molecule has 1 saturated carbocycles. The van der Waals surface area contributed by atoms with Crippen molar-refractivity contribution in [1.29, 1.82) is 0 Å². The number of benzene rings is 2. The SMILES string of the molecule is CCCCC1CCC(c2ccc(OCC(C)c3cccc(OC)c3)cc2)CC1. The van der Waals surface area contributed by atoms with E-state index in [9.17, 15) is 0 Å². The highest BCUT2D eigenvalue weighted by atomic mass is 16.5. The van der Waals surface area contributed by atoms with Gasteiger partial charge in [-0.2, -0.15) is 0 Å². The highest BCUT2D eigenvalue weighted by Gasteiger charge is 2.22. The van der Waals surface area contributed by atoms with E-state index < -0.39 is 0 Å². The Hall–Kier alpha value is -1.96. The van der Waals surface area contributed by atoms with Gasteiger partial charge in [-0.25, -0.2) is 0 Å². The lowest BCUT2D eigenvalue weighted by molar-refractivity contribution is 0.294. The molecule has 1 unspecified atom stereocenters. The number of rotatable bonds is 9. The van der Waals surface area contributed by atoms with E-state index in [2.05, 4.69) is 50.2 Å². The molecular weight excluding hydrogens is 344 g/mol. The van der Waals surface area contributed by atoms with Gasteiger partial charge < -0.3 is 9.47 Å². The summed E-state index contributed by atoms with van der Waals surface area (Å²) in [6, 6.07) is 17.1. The van der Waals surface area contributed by atoms with E-state index >= 15 is 0 Å². The van der Waals surface area contributed by atoms with E-state index in [1.807, 2.05) is 12.1 Å². The maximum atomic E-state index is 6.06. The lowest BCUT2D eigenvalue weighted by Crippen LogP contribution is -2.13. The minimum absolute atomic E-state index is 0.327. The van der Waals surface area contributed by atoms with Gasteiger partial charge in [-0.05, 0) is 72.9 Å². The van der Waals surface area contributed by atoms with Crippen molar-refractivity contribution in [3.05, 3.63) is 59.7 Å². The third kappa shape index (κ3) is 5.77. The molecule has 0 heterocycles. The van der Waals surface area contributed by atoms with Gasteiger partial charge in [-0.1, -0.05) is 57.4 Å². The van der Waals surface area contributed by atoms with Gasteiger partial charge in [0.15, 0.2) is 0 Å². The summed E-state index contributed by atoms with van der Waals surface area (Å²) < 4.78 is 11.4. The van der Waals surface area contributed by atoms with Gasteiger partial charge in [0.1, 0.15) is 11.5 Å². The van der Waals surface area contributed by atoms with E-state index in [1.54, 1.807) is 7.11 Å². The third-order valence-electron chi connectivity index (χ3n) is 6.33. The Morgan fingerprint density at radius 3 is 2.39 bits per heavy atom. The summed E-state index contributed by atoms with van der Waals surface area (Å²) in [5, 5.41) is 0. The zero-order valence-electron chi connectivity index (χ0n) is 17.8. The van der Waals surface area contributed by atoms with Crippen LogP contribution >= 0.6 is 0 Å². The van der Waals surface area contributed by atoms with Crippen LogP contribution in [0.4, 0.5) is 0 Å². The molecule has 0 amide bonds. The van der Waals surface area contributed by atoms with Gasteiger partial charge >= 0.3 is 0 Å². The van der Waals surface area contributed by atoms with Crippen molar-refractivity contribution in [2.24, 2.45) is 5.92 Å². The van der Waals surface area contributed by atoms with Crippen LogP contribution < -0.4 is 9.47 Å². The van der Waals surface area contributed by atoms with E-state index in [0.29, 0.717) is 12.5 Å². The first-order valence-corrected chi connectivity index (χ1v) is 11.1. The maximum Gasteiger partial charge on any atom is 0.119 e. The summed E-state index contributed by atoms with van der Waals surface area (Å²) in [6.07, 6.45) is 9.67. The standard InChI is InChI=1S/C26H36O2/c1-4-5-7-21-10-12-22(13-11-21)23-14-16-25(17-15-23)28-19-20(2)24-8-6-9-26(18-24)27-3/h6,8-9,14-18,20-22H,4-5,7,10-13,19H2,1-3H3. The quantitative estimate of drug-likeness (QED) is 0.453. The highest BCUT2D eigenvalue weighted by Crippen LogP contribution is 2.38. The van der Waals surface area contributed by atoms with Crippen LogP contribution in [-0.2, 0) is 0 Å². The number of unbranched alkanes of at least 4 members (excludes halogenated alkanes) is 1. The Morgan fingerprint density at radius 1 is 0.964 bits per heavy atom. The van der Waals surface area contributed by atoms with Crippen LogP contribution in [0.25, 0.3) is 0 Å². The Kier molecular flexibility index (Phi) is 7.82. The van der Waals surface area contributed by atoms with Crippen LogP contribution in [0.2, 0.25) is 0 Å². The molecule has 3 rings (SSSR count). The highest BCUT2D eigenvalue weighted by molar-refractivity contribution is 5.32. The number of hydrogen-bond donors (Lipinski definition) is 0. The van der Waals surface area contributed by atoms with Gasteiger partial charge in [0.05, 0.1) is 13.7 Å². The van der Waals surface area contributed by atoms with Crippen molar-refractivity contribution in [3.8, 4) is 11.5 Å². The van der Waals surface area contributed by atoms with Gasteiger partial charge in [0.2, 0.25) is 0 Å². The van der Waals surface area contributed by atoms with E-state index in [-0.39, 0.29) is 0 Å². The molecule has 0 aromatic heterocycles. The Labute approximate surface area is 171 Å². The number of methoxy groups -OCH3 is 1. The van der Waals surface area contributed by atoms with Gasteiger partial charge in [0, 0.05) is 5.92 Å². The zero-order valence-corrected chi connectivity index (χ0v) is 17.8. The van der Waals surface area contributed by atoms with Crippen LogP contribution in [0.15, 0.2) is 48.5 Å². The minimum atomic E-state index is 0.327. The first-order chi connectivity index (χ1) is 13.7. The molecule has 1 atom stereocenters. The van der Waals surface area contributed by atoms with Crippen molar-refractivity contribution in [1.82, 2.24) is 0 Å². The number of hydrogen-bond acceptors (Lipinski definition) is 2. The molecule has 1 aliphatic rings. The summed E-state index contributed by atoms with van der Waals surface area (Å²) >= 11 is 0. The molecule has 0 N–H and O–H groups in total. The van der Waals surface area contributed by atoms with Crippen molar-refractivity contribution >= 4 is 0 Å². The van der Waals surface area contributed by atoms with Gasteiger partial charge in [0.25, 0.3) is 0 Å². The molecule has 28 heavy (non-hydrogen) atoms. The van der Waals surface area contributed by atoms with E-state index in [0.717, 1.165) is 23.3 Å².